The Balaban J connectivity index is 2.22. The lowest BCUT2D eigenvalue weighted by molar-refractivity contribution is -0.209. The van der Waals surface area contributed by atoms with Gasteiger partial charge in [-0.15, -0.1) is 0 Å². The zero-order chi connectivity index (χ0) is 14.0. The zero-order valence-electron chi connectivity index (χ0n) is 10.0. The Kier molecular flexibility index (Phi) is 3.57. The maximum Gasteiger partial charge on any atom is 0.421 e. The largest absolute Gasteiger partial charge is 0.421 e. The lowest BCUT2D eigenvalue weighted by Crippen LogP contribution is -2.21. The van der Waals surface area contributed by atoms with Crippen LogP contribution in [0.2, 0.25) is 0 Å². The monoisotopic (exact) mass is 271 g/mol. The molecule has 7 heteroatoms. The molecule has 4 nitrogen and oxygen atoms in total. The first-order chi connectivity index (χ1) is 8.89. The minimum atomic E-state index is -4.73. The highest BCUT2D eigenvalue weighted by molar-refractivity contribution is 5.25. The number of aromatic amines is 1. The number of nitrogens with one attached hydrogen (secondary N) is 1. The molecule has 0 bridgehead atoms. The van der Waals surface area contributed by atoms with Crippen LogP contribution in [0.25, 0.3) is 0 Å². The average molecular weight is 271 g/mol. The van der Waals surface area contributed by atoms with E-state index >= 15 is 0 Å². The van der Waals surface area contributed by atoms with Crippen molar-refractivity contribution in [2.45, 2.75) is 25.1 Å². The van der Waals surface area contributed by atoms with E-state index in [1.807, 2.05) is 6.92 Å². The first kappa shape index (κ1) is 13.5. The van der Waals surface area contributed by atoms with Crippen molar-refractivity contribution >= 4 is 0 Å². The second-order valence-corrected chi connectivity index (χ2v) is 4.17. The smallest absolute Gasteiger partial charge is 0.377 e. The summed E-state index contributed by atoms with van der Waals surface area (Å²) in [4.78, 5) is 9.98. The number of pyridine rings is 1. The highest BCUT2D eigenvalue weighted by Crippen LogP contribution is 2.32. The molecule has 0 saturated heterocycles. The van der Waals surface area contributed by atoms with Crippen LogP contribution in [0, 0.1) is 0 Å². The molecule has 2 aromatic rings. The van der Waals surface area contributed by atoms with Crippen LogP contribution in [-0.2, 0) is 0 Å². The van der Waals surface area contributed by atoms with Crippen LogP contribution in [0.15, 0.2) is 30.7 Å². The van der Waals surface area contributed by atoms with Gasteiger partial charge in [0, 0.05) is 30.2 Å². The molecule has 2 heterocycles. The second-order valence-electron chi connectivity index (χ2n) is 4.17. The number of H-pyrrole nitrogens is 1. The van der Waals surface area contributed by atoms with Crippen LogP contribution in [-0.4, -0.2) is 26.2 Å². The Morgan fingerprint density at radius 2 is 1.89 bits per heavy atom. The van der Waals surface area contributed by atoms with Crippen LogP contribution >= 0.6 is 0 Å². The van der Waals surface area contributed by atoms with E-state index in [-0.39, 0.29) is 5.92 Å². The average Bonchev–Trinajstić information content (AvgIpc) is 2.86. The molecule has 0 spiro atoms. The number of halogens is 3. The molecule has 2 aromatic heterocycles. The van der Waals surface area contributed by atoms with Crippen molar-refractivity contribution in [3.8, 4) is 0 Å². The molecular formula is C12H12F3N3O. The maximum absolute atomic E-state index is 12.3. The third-order valence-electron chi connectivity index (χ3n) is 2.86. The third kappa shape index (κ3) is 2.93. The highest BCUT2D eigenvalue weighted by atomic mass is 19.4. The van der Waals surface area contributed by atoms with Gasteiger partial charge in [-0.25, -0.2) is 4.98 Å². The molecule has 2 rings (SSSR count). The van der Waals surface area contributed by atoms with Crippen LogP contribution in [0.4, 0.5) is 13.2 Å². The summed E-state index contributed by atoms with van der Waals surface area (Å²) in [5.41, 5.74) is 1.40. The van der Waals surface area contributed by atoms with Crippen molar-refractivity contribution in [1.82, 2.24) is 15.0 Å². The van der Waals surface area contributed by atoms with Crippen LogP contribution in [0.3, 0.4) is 0 Å². The van der Waals surface area contributed by atoms with E-state index in [4.69, 9.17) is 5.11 Å². The van der Waals surface area contributed by atoms with Crippen LogP contribution in [0.5, 0.6) is 0 Å². The molecule has 2 atom stereocenters. The van der Waals surface area contributed by atoms with Crippen LogP contribution in [0.1, 0.15) is 36.0 Å². The molecule has 2 N–H and O–H groups in total. The molecule has 19 heavy (non-hydrogen) atoms. The summed E-state index contributed by atoms with van der Waals surface area (Å²) in [7, 11) is 0. The van der Waals surface area contributed by atoms with E-state index in [0.717, 1.165) is 5.56 Å². The first-order valence-electron chi connectivity index (χ1n) is 5.59. The van der Waals surface area contributed by atoms with Crippen molar-refractivity contribution in [1.29, 1.82) is 0 Å². The molecular weight excluding hydrogens is 259 g/mol. The van der Waals surface area contributed by atoms with E-state index in [1.165, 1.54) is 6.20 Å². The van der Waals surface area contributed by atoms with Gasteiger partial charge in [-0.1, -0.05) is 6.92 Å². The number of hydrogen-bond acceptors (Lipinski definition) is 3. The number of hydrogen-bond donors (Lipinski definition) is 2. The Morgan fingerprint density at radius 1 is 1.26 bits per heavy atom. The number of alkyl halides is 3. The summed E-state index contributed by atoms with van der Waals surface area (Å²) in [6.45, 7) is 1.83. The SMILES string of the molecule is C[C@H](c1ccncc1)c1cnc([C@H](O)C(F)(F)F)[nH]1. The van der Waals surface area contributed by atoms with Crippen molar-refractivity contribution in [3.63, 3.8) is 0 Å². The molecule has 0 aliphatic rings. The minimum Gasteiger partial charge on any atom is -0.377 e. The number of imidazole rings is 1. The summed E-state index contributed by atoms with van der Waals surface area (Å²) in [6.07, 6.45) is -2.81. The van der Waals surface area contributed by atoms with Gasteiger partial charge in [0.2, 0.25) is 6.10 Å². The van der Waals surface area contributed by atoms with Gasteiger partial charge in [0.05, 0.1) is 0 Å². The lowest BCUT2D eigenvalue weighted by atomic mass is 10.00. The Hall–Kier alpha value is -1.89. The van der Waals surface area contributed by atoms with Gasteiger partial charge in [0.25, 0.3) is 0 Å². The number of aromatic nitrogens is 3. The number of nitrogens with zero attached hydrogens (tertiary/aromatic N) is 2. The Labute approximate surface area is 107 Å². The fourth-order valence-corrected chi connectivity index (χ4v) is 1.70. The summed E-state index contributed by atoms with van der Waals surface area (Å²) in [5.74, 6) is -0.659. The summed E-state index contributed by atoms with van der Waals surface area (Å²) in [6, 6.07) is 3.54. The van der Waals surface area contributed by atoms with Gasteiger partial charge in [0.1, 0.15) is 5.82 Å². The quantitative estimate of drug-likeness (QED) is 0.901. The van der Waals surface area contributed by atoms with Gasteiger partial charge >= 0.3 is 6.18 Å². The van der Waals surface area contributed by atoms with Gasteiger partial charge in [-0.3, -0.25) is 4.98 Å². The van der Waals surface area contributed by atoms with Crippen molar-refractivity contribution in [3.05, 3.63) is 47.8 Å². The first-order valence-corrected chi connectivity index (χ1v) is 5.59. The Morgan fingerprint density at radius 3 is 2.47 bits per heavy atom. The van der Waals surface area contributed by atoms with E-state index < -0.39 is 18.1 Å². The molecule has 0 fully saturated rings. The molecule has 0 saturated carbocycles. The molecule has 0 unspecified atom stereocenters. The zero-order valence-corrected chi connectivity index (χ0v) is 10.0. The highest BCUT2D eigenvalue weighted by Gasteiger charge is 2.41. The molecule has 0 aliphatic heterocycles. The van der Waals surface area contributed by atoms with Gasteiger partial charge in [-0.2, -0.15) is 13.2 Å². The fraction of sp³-hybridized carbons (Fsp3) is 0.333. The second kappa shape index (κ2) is 5.00. The molecule has 0 aromatic carbocycles. The van der Waals surface area contributed by atoms with Gasteiger partial charge in [0.15, 0.2) is 0 Å². The summed E-state index contributed by atoms with van der Waals surface area (Å²) >= 11 is 0. The summed E-state index contributed by atoms with van der Waals surface area (Å²) in [5, 5.41) is 9.09. The normalized spacial score (nSPS) is 15.2. The lowest BCUT2D eigenvalue weighted by Gasteiger charge is -2.12. The van der Waals surface area contributed by atoms with Crippen LogP contribution < -0.4 is 0 Å². The molecule has 102 valence electrons. The van der Waals surface area contributed by atoms with Gasteiger partial charge < -0.3 is 10.1 Å². The van der Waals surface area contributed by atoms with E-state index in [0.29, 0.717) is 5.69 Å². The molecule has 0 radical (unpaired) electrons. The number of aliphatic hydroxyl groups excluding tert-OH is 1. The van der Waals surface area contributed by atoms with E-state index in [2.05, 4.69) is 15.0 Å². The van der Waals surface area contributed by atoms with Gasteiger partial charge in [-0.05, 0) is 17.7 Å². The standard InChI is InChI=1S/C12H12F3N3O/c1-7(8-2-4-16-5-3-8)9-6-17-11(18-9)10(19)12(13,14)15/h2-7,10,19H,1H3,(H,17,18)/t7-,10+/m1/s1. The topological polar surface area (TPSA) is 61.8 Å². The maximum atomic E-state index is 12.3. The predicted molar refractivity (Wildman–Crippen MR) is 61.4 cm³/mol. The minimum absolute atomic E-state index is 0.162. The van der Waals surface area contributed by atoms with Crippen molar-refractivity contribution in [2.24, 2.45) is 0 Å². The predicted octanol–water partition coefficient (Wildman–Crippen LogP) is 2.55. The van der Waals surface area contributed by atoms with Crippen molar-refractivity contribution < 1.29 is 18.3 Å². The fourth-order valence-electron chi connectivity index (χ4n) is 1.70. The third-order valence-corrected chi connectivity index (χ3v) is 2.86. The van der Waals surface area contributed by atoms with E-state index in [1.54, 1.807) is 24.5 Å². The van der Waals surface area contributed by atoms with E-state index in [9.17, 15) is 13.2 Å². The summed E-state index contributed by atoms with van der Waals surface area (Å²) < 4.78 is 37.0. The number of rotatable bonds is 3. The number of aliphatic hydroxyl groups is 1. The molecule has 0 amide bonds. The molecule has 0 aliphatic carbocycles. The Bertz CT molecular complexity index is 539. The van der Waals surface area contributed by atoms with Crippen molar-refractivity contribution in [2.75, 3.05) is 0 Å².